The van der Waals surface area contributed by atoms with Crippen LogP contribution in [-0.2, 0) is 6.54 Å². The number of rotatable bonds is 2. The maximum atomic E-state index is 6.06. The highest BCUT2D eigenvalue weighted by Crippen LogP contribution is 2.31. The van der Waals surface area contributed by atoms with Crippen molar-refractivity contribution in [1.82, 2.24) is 5.32 Å². The Morgan fingerprint density at radius 1 is 1.36 bits per heavy atom. The van der Waals surface area contributed by atoms with Crippen LogP contribution in [-0.4, -0.2) is 7.05 Å². The van der Waals surface area contributed by atoms with Crippen LogP contribution in [0.2, 0.25) is 5.02 Å². The minimum absolute atomic E-state index is 0.870. The first kappa shape index (κ1) is 9.04. The van der Waals surface area contributed by atoms with Gasteiger partial charge in [0, 0.05) is 16.3 Å². The molecule has 0 amide bonds. The van der Waals surface area contributed by atoms with Gasteiger partial charge in [0.05, 0.1) is 5.02 Å². The highest BCUT2D eigenvalue weighted by atomic mass is 35.5. The van der Waals surface area contributed by atoms with Gasteiger partial charge in [-0.1, -0.05) is 11.6 Å². The van der Waals surface area contributed by atoms with Crippen LogP contribution in [0.4, 0.5) is 0 Å². The molecular formula is C8H12ClNS. The fraction of sp³-hybridized carbons (Fsp3) is 0.500. The molecule has 62 valence electrons. The molecule has 3 heteroatoms. The number of nitrogens with one attached hydrogen (secondary N) is 1. The van der Waals surface area contributed by atoms with Crippen molar-refractivity contribution >= 4 is 22.9 Å². The number of hydrogen-bond acceptors (Lipinski definition) is 2. The maximum Gasteiger partial charge on any atom is 0.0589 e. The Labute approximate surface area is 76.4 Å². The normalized spacial score (nSPS) is 10.5. The number of aryl methyl sites for hydroxylation is 2. The van der Waals surface area contributed by atoms with Gasteiger partial charge in [-0.3, -0.25) is 0 Å². The molecule has 0 saturated heterocycles. The first-order chi connectivity index (χ1) is 5.16. The molecule has 0 atom stereocenters. The molecule has 0 fully saturated rings. The first-order valence-electron chi connectivity index (χ1n) is 3.55. The predicted molar refractivity (Wildman–Crippen MR) is 51.6 cm³/mol. The Hall–Kier alpha value is -0.0500. The van der Waals surface area contributed by atoms with Gasteiger partial charge in [0.1, 0.15) is 0 Å². The molecule has 0 saturated carbocycles. The summed E-state index contributed by atoms with van der Waals surface area (Å²) in [6.45, 7) is 5.03. The van der Waals surface area contributed by atoms with Crippen LogP contribution in [0.3, 0.4) is 0 Å². The van der Waals surface area contributed by atoms with E-state index in [0.717, 1.165) is 11.6 Å². The van der Waals surface area contributed by atoms with Gasteiger partial charge >= 0.3 is 0 Å². The lowest BCUT2D eigenvalue weighted by molar-refractivity contribution is 0.816. The van der Waals surface area contributed by atoms with E-state index in [-0.39, 0.29) is 0 Å². The monoisotopic (exact) mass is 189 g/mol. The van der Waals surface area contributed by atoms with Gasteiger partial charge in [0.25, 0.3) is 0 Å². The molecule has 0 radical (unpaired) electrons. The minimum Gasteiger partial charge on any atom is -0.316 e. The zero-order valence-electron chi connectivity index (χ0n) is 6.99. The second-order valence-corrected chi connectivity index (χ2v) is 4.34. The van der Waals surface area contributed by atoms with E-state index in [1.54, 1.807) is 11.3 Å². The largest absolute Gasteiger partial charge is 0.316 e. The van der Waals surface area contributed by atoms with Gasteiger partial charge < -0.3 is 5.32 Å². The van der Waals surface area contributed by atoms with Crippen molar-refractivity contribution in [3.05, 3.63) is 20.3 Å². The summed E-state index contributed by atoms with van der Waals surface area (Å²) in [6, 6.07) is 0. The van der Waals surface area contributed by atoms with Crippen LogP contribution in [0.25, 0.3) is 0 Å². The Morgan fingerprint density at radius 2 is 2.00 bits per heavy atom. The highest BCUT2D eigenvalue weighted by Gasteiger charge is 2.08. The molecule has 0 aliphatic carbocycles. The summed E-state index contributed by atoms with van der Waals surface area (Å²) in [5.41, 5.74) is 1.25. The SMILES string of the molecule is CNCc1c(C)sc(C)c1Cl. The second-order valence-electron chi connectivity index (χ2n) is 2.54. The van der Waals surface area contributed by atoms with E-state index >= 15 is 0 Å². The molecule has 0 bridgehead atoms. The van der Waals surface area contributed by atoms with E-state index in [9.17, 15) is 0 Å². The van der Waals surface area contributed by atoms with E-state index < -0.39 is 0 Å². The highest BCUT2D eigenvalue weighted by molar-refractivity contribution is 7.12. The molecule has 0 unspecified atom stereocenters. The Balaban J connectivity index is 3.02. The van der Waals surface area contributed by atoms with E-state index in [2.05, 4.69) is 19.2 Å². The van der Waals surface area contributed by atoms with Crippen LogP contribution >= 0.6 is 22.9 Å². The smallest absolute Gasteiger partial charge is 0.0589 e. The number of hydrogen-bond donors (Lipinski definition) is 1. The maximum absolute atomic E-state index is 6.06. The third-order valence-electron chi connectivity index (χ3n) is 1.66. The Kier molecular flexibility index (Phi) is 2.93. The third kappa shape index (κ3) is 1.75. The van der Waals surface area contributed by atoms with E-state index in [0.29, 0.717) is 0 Å². The molecule has 0 aromatic carbocycles. The van der Waals surface area contributed by atoms with Crippen molar-refractivity contribution in [1.29, 1.82) is 0 Å². The molecule has 0 aliphatic rings. The average molecular weight is 190 g/mol. The van der Waals surface area contributed by atoms with Crippen molar-refractivity contribution in [2.75, 3.05) is 7.05 Å². The lowest BCUT2D eigenvalue weighted by Gasteiger charge is -1.98. The predicted octanol–water partition coefficient (Wildman–Crippen LogP) is 2.74. The summed E-state index contributed by atoms with van der Waals surface area (Å²) >= 11 is 7.83. The summed E-state index contributed by atoms with van der Waals surface area (Å²) < 4.78 is 0. The van der Waals surface area contributed by atoms with Gasteiger partial charge in [0.2, 0.25) is 0 Å². The van der Waals surface area contributed by atoms with Gasteiger partial charge in [-0.2, -0.15) is 0 Å². The molecule has 11 heavy (non-hydrogen) atoms. The number of halogens is 1. The zero-order valence-corrected chi connectivity index (χ0v) is 8.57. The summed E-state index contributed by atoms with van der Waals surface area (Å²) in [5.74, 6) is 0. The molecule has 0 aliphatic heterocycles. The lowest BCUT2D eigenvalue weighted by atomic mass is 10.2. The Bertz CT molecular complexity index is 255. The van der Waals surface area contributed by atoms with Crippen LogP contribution in [0.15, 0.2) is 0 Å². The minimum atomic E-state index is 0.870. The lowest BCUT2D eigenvalue weighted by Crippen LogP contribution is -2.05. The topological polar surface area (TPSA) is 12.0 Å². The molecule has 1 rings (SSSR count). The van der Waals surface area contributed by atoms with Crippen LogP contribution in [0, 0.1) is 13.8 Å². The molecule has 1 aromatic heterocycles. The zero-order chi connectivity index (χ0) is 8.43. The van der Waals surface area contributed by atoms with Gasteiger partial charge in [0.15, 0.2) is 0 Å². The van der Waals surface area contributed by atoms with Crippen molar-refractivity contribution < 1.29 is 0 Å². The number of thiophene rings is 1. The standard InChI is InChI=1S/C8H12ClNS/c1-5-7(4-10-3)8(9)6(2)11-5/h10H,4H2,1-3H3. The Morgan fingerprint density at radius 3 is 2.36 bits per heavy atom. The second kappa shape index (κ2) is 3.57. The van der Waals surface area contributed by atoms with Crippen molar-refractivity contribution in [3.8, 4) is 0 Å². The summed E-state index contributed by atoms with van der Waals surface area (Å²) in [5, 5.41) is 4.03. The van der Waals surface area contributed by atoms with Crippen molar-refractivity contribution in [2.45, 2.75) is 20.4 Å². The van der Waals surface area contributed by atoms with E-state index in [1.807, 2.05) is 7.05 Å². The van der Waals surface area contributed by atoms with Crippen molar-refractivity contribution in [2.24, 2.45) is 0 Å². The molecule has 1 heterocycles. The fourth-order valence-corrected chi connectivity index (χ4v) is 2.43. The van der Waals surface area contributed by atoms with Gasteiger partial charge in [-0.05, 0) is 26.5 Å². The van der Waals surface area contributed by atoms with E-state index in [1.165, 1.54) is 15.3 Å². The molecule has 1 N–H and O–H groups in total. The van der Waals surface area contributed by atoms with E-state index in [4.69, 9.17) is 11.6 Å². The molecule has 0 spiro atoms. The fourth-order valence-electron chi connectivity index (χ4n) is 1.08. The summed E-state index contributed by atoms with van der Waals surface area (Å²) in [6.07, 6.45) is 0. The van der Waals surface area contributed by atoms with Gasteiger partial charge in [-0.15, -0.1) is 11.3 Å². The van der Waals surface area contributed by atoms with Crippen LogP contribution in [0.5, 0.6) is 0 Å². The van der Waals surface area contributed by atoms with Crippen LogP contribution in [0.1, 0.15) is 15.3 Å². The first-order valence-corrected chi connectivity index (χ1v) is 4.75. The summed E-state index contributed by atoms with van der Waals surface area (Å²) in [7, 11) is 1.93. The molecule has 1 nitrogen and oxygen atoms in total. The molecular weight excluding hydrogens is 178 g/mol. The quantitative estimate of drug-likeness (QED) is 0.755. The third-order valence-corrected chi connectivity index (χ3v) is 3.35. The van der Waals surface area contributed by atoms with Gasteiger partial charge in [-0.25, -0.2) is 0 Å². The average Bonchev–Trinajstić information content (AvgIpc) is 2.17. The molecule has 1 aromatic rings. The summed E-state index contributed by atoms with van der Waals surface area (Å²) in [4.78, 5) is 2.54. The van der Waals surface area contributed by atoms with Crippen molar-refractivity contribution in [3.63, 3.8) is 0 Å². The van der Waals surface area contributed by atoms with Crippen LogP contribution < -0.4 is 5.32 Å².